The highest BCUT2D eigenvalue weighted by Crippen LogP contribution is 2.52. The predicted octanol–water partition coefficient (Wildman–Crippen LogP) is 5.39. The molecule has 0 aromatic heterocycles. The number of likely N-dealkylation sites (tertiary alicyclic amines) is 2. The lowest BCUT2D eigenvalue weighted by Gasteiger charge is -2.41. The summed E-state index contributed by atoms with van der Waals surface area (Å²) in [7, 11) is 8.04. The average molecular weight is 1590 g/mol. The number of hydroxylamine groups is 2. The third-order valence-corrected chi connectivity index (χ3v) is 22.8. The molecule has 1 aliphatic carbocycles. The number of alkyl carbamates (subject to hydrolysis) is 1. The first-order valence-electron chi connectivity index (χ1n) is 38.7. The lowest BCUT2D eigenvalue weighted by Crippen LogP contribution is -2.59. The number of methoxy groups -OCH3 is 2. The molecule has 9 N–H and O–H groups in total. The van der Waals surface area contributed by atoms with E-state index in [0.717, 1.165) is 12.1 Å². The van der Waals surface area contributed by atoms with Gasteiger partial charge in [-0.15, -0.1) is 16.8 Å². The van der Waals surface area contributed by atoms with Gasteiger partial charge in [-0.25, -0.2) is 23.2 Å². The Labute approximate surface area is 659 Å². The van der Waals surface area contributed by atoms with Crippen molar-refractivity contribution >= 4 is 101 Å². The number of thioether (sulfide) groups is 1. The molecule has 3 aliphatic heterocycles. The molecule has 622 valence electrons. The van der Waals surface area contributed by atoms with E-state index in [2.05, 4.69) is 37.2 Å². The number of anilines is 1. The number of carbonyl (C=O) groups excluding carboxylic acids is 14. The molecule has 3 heterocycles. The van der Waals surface area contributed by atoms with E-state index < -0.39 is 148 Å². The van der Waals surface area contributed by atoms with E-state index in [1.54, 1.807) is 76.0 Å². The molecule has 12 atom stereocenters. The Hall–Kier alpha value is -8.89. The van der Waals surface area contributed by atoms with E-state index in [1.807, 2.05) is 41.5 Å². The third kappa shape index (κ3) is 26.3. The van der Waals surface area contributed by atoms with Crippen molar-refractivity contribution in [2.75, 3.05) is 72.6 Å². The van der Waals surface area contributed by atoms with Crippen LogP contribution in [0, 0.1) is 46.6 Å². The molecule has 1 saturated carbocycles. The second kappa shape index (κ2) is 43.4. The summed E-state index contributed by atoms with van der Waals surface area (Å²) in [6, 6.07) is 2.94. The number of nitrogens with two attached hydrogens (primary N) is 1. The van der Waals surface area contributed by atoms with E-state index in [4.69, 9.17) is 24.8 Å². The molecule has 3 saturated heterocycles. The molecule has 0 bridgehead atoms. The van der Waals surface area contributed by atoms with Gasteiger partial charge < -0.3 is 71.8 Å². The van der Waals surface area contributed by atoms with Crippen molar-refractivity contribution < 1.29 is 95.0 Å². The quantitative estimate of drug-likeness (QED) is 0.0304. The molecule has 1 unspecified atom stereocenters. The highest BCUT2D eigenvalue weighted by atomic mass is 32.2. The Bertz CT molecular complexity index is 3600. The second-order valence-corrected chi connectivity index (χ2v) is 32.3. The fourth-order valence-corrected chi connectivity index (χ4v) is 16.0. The van der Waals surface area contributed by atoms with Crippen molar-refractivity contribution in [2.24, 2.45) is 40.7 Å². The number of hydrogen-bond donors (Lipinski definition) is 8. The number of hydrogen-bond acceptors (Lipinski definition) is 20. The van der Waals surface area contributed by atoms with Crippen LogP contribution in [0.25, 0.3) is 0 Å². The molecule has 4 aliphatic rings. The van der Waals surface area contributed by atoms with Gasteiger partial charge in [-0.1, -0.05) is 93.4 Å². The minimum atomic E-state index is -1.18. The smallest absolute Gasteiger partial charge is 0.407 e. The first kappa shape index (κ1) is 92.0. The summed E-state index contributed by atoms with van der Waals surface area (Å²) < 4.78 is 47.0. The first-order valence-corrected chi connectivity index (χ1v) is 39.8. The Morgan fingerprint density at radius 1 is 0.732 bits per heavy atom. The van der Waals surface area contributed by atoms with Gasteiger partial charge in [0.1, 0.15) is 36.4 Å². The lowest BCUT2D eigenvalue weighted by molar-refractivity contribution is -0.198. The molecule has 2 aromatic rings. The number of rotatable bonds is 45. The lowest BCUT2D eigenvalue weighted by atomic mass is 9.89. The van der Waals surface area contributed by atoms with Gasteiger partial charge in [0.05, 0.1) is 60.4 Å². The number of ether oxygens (including phenoxy) is 3. The minimum absolute atomic E-state index is 0.00268. The second-order valence-electron chi connectivity index (χ2n) is 31.1. The molecule has 6 rings (SSSR count). The van der Waals surface area contributed by atoms with Crippen molar-refractivity contribution in [3.8, 4) is 0 Å². The van der Waals surface area contributed by atoms with Crippen LogP contribution in [0.1, 0.15) is 170 Å². The zero-order valence-corrected chi connectivity index (χ0v) is 67.9. The largest absolute Gasteiger partial charge is 0.445 e. The normalized spacial score (nSPS) is 19.1. The molecule has 0 spiro atoms. The Morgan fingerprint density at radius 3 is 1.96 bits per heavy atom. The number of unbranched alkanes of at least 4 members (excludes halogenated alkanes) is 2. The van der Waals surface area contributed by atoms with Crippen molar-refractivity contribution in [1.82, 2.24) is 56.6 Å². The maximum Gasteiger partial charge on any atom is 0.407 e. The average Bonchev–Trinajstić information content (AvgIpc) is 1.69. The van der Waals surface area contributed by atoms with Crippen LogP contribution in [-0.4, -0.2) is 235 Å². The molecule has 4 fully saturated rings. The summed E-state index contributed by atoms with van der Waals surface area (Å²) in [5.41, 5.74) is 5.41. The summed E-state index contributed by atoms with van der Waals surface area (Å²) in [5, 5.41) is 19.3. The number of nitrogens with zero attached hydrogens (tertiary/aromatic N) is 5. The summed E-state index contributed by atoms with van der Waals surface area (Å²) in [6.45, 7) is 16.2. The summed E-state index contributed by atoms with van der Waals surface area (Å²) in [5.74, 6) is -9.09. The monoisotopic (exact) mass is 1590 g/mol. The van der Waals surface area contributed by atoms with Crippen LogP contribution in [0.3, 0.4) is 0 Å². The van der Waals surface area contributed by atoms with Gasteiger partial charge in [0.25, 0.3) is 11.8 Å². The highest BCUT2D eigenvalue weighted by Gasteiger charge is 2.50. The van der Waals surface area contributed by atoms with Crippen LogP contribution < -0.4 is 43.0 Å². The predicted molar refractivity (Wildman–Crippen MR) is 411 cm³/mol. The first-order chi connectivity index (χ1) is 52.9. The zero-order chi connectivity index (χ0) is 83.0. The molecule has 2 aromatic carbocycles. The van der Waals surface area contributed by atoms with Crippen LogP contribution in [0.2, 0.25) is 0 Å². The number of nitrogens with one attached hydrogen (secondary N) is 7. The maximum atomic E-state index is 15.1. The molecule has 34 heteroatoms. The number of primary amides is 1. The fraction of sp³-hybridized carbons (Fsp3) is 0.667. The SMILES string of the molecule is CC[C@H](C)[C@@H]([C@@H](CC(=O)N1C[C@@H](NC(=O)OCc2ccc(NC(=O)[C@H](CCCNC(N)=O)NC(=O)[C@@H](NC(=O)CCCCCN3C(=O)CC(SCC4(CC(=O)ON5C(=O)CCC5=O)CC4)C3=O)C(C)C)cc2)C[C@H]1[C@H](OC)[C@@H](C)C(=O)NCCc1c(F)cccc1F)OC)N(C)C(=O)[C@@H](NC(=O)[C@H](C(C)C)N(C)C)C(C)C. The summed E-state index contributed by atoms with van der Waals surface area (Å²) >= 11 is 1.29. The van der Waals surface area contributed by atoms with Crippen LogP contribution in [-0.2, 0) is 89.6 Å². The number of carbonyl (C=O) groups is 14. The number of halogens is 2. The Balaban J connectivity index is 1.05. The number of likely N-dealkylation sites (N-methyl/N-ethyl adjacent to an activating group) is 2. The number of urea groups is 1. The number of imide groups is 2. The number of benzene rings is 2. The molecule has 0 radical (unpaired) electrons. The van der Waals surface area contributed by atoms with Crippen LogP contribution in [0.5, 0.6) is 0 Å². The minimum Gasteiger partial charge on any atom is -0.445 e. The topological polar surface area (TPSA) is 402 Å². The summed E-state index contributed by atoms with van der Waals surface area (Å²) in [4.78, 5) is 198. The van der Waals surface area contributed by atoms with Gasteiger partial charge >= 0.3 is 18.1 Å². The van der Waals surface area contributed by atoms with Gasteiger partial charge in [0.2, 0.25) is 53.2 Å². The number of amides is 14. The van der Waals surface area contributed by atoms with Crippen LogP contribution in [0.4, 0.5) is 24.1 Å². The van der Waals surface area contributed by atoms with Gasteiger partial charge in [0, 0.05) is 90.1 Å². The van der Waals surface area contributed by atoms with Gasteiger partial charge in [-0.2, -0.15) is 0 Å². The zero-order valence-electron chi connectivity index (χ0n) is 67.1. The standard InChI is InChI=1S/C78H117F2N13O18S/c1-15-47(8)68(90(12)75(105)66(45(4)5)88-73(103)67(46(6)7)89(10)11)57(108-13)38-62(97)92-41-51(37-56(92)69(109-14)48(9)70(100)82-35-31-52-53(79)21-19-22-54(52)80)85-77(107)110-42-49-25-27-50(28-26-49)84-71(101)55(23-20-34-83-76(81)106)86-72(102)65(44(2)3)87-59(94)24-17-16-18-36-91-63(98)39-58(74(91)104)112-43-78(32-33-78)40-64(99)111-93-60(95)29-30-61(93)96/h19,21-22,25-28,44-48,51,55-58,65-69H,15-18,20,23-24,29-43H2,1-14H3,(H,82,100)(H,84,101)(H,85,107)(H,86,102)(H,87,94)(H,88,103)(H3,81,83,106)/t47-,48+,51-,55-,56-,57+,58?,65-,66-,67-,68-,69+/m0/s1. The van der Waals surface area contributed by atoms with Crippen molar-refractivity contribution in [2.45, 2.75) is 231 Å². The van der Waals surface area contributed by atoms with E-state index in [1.165, 1.54) is 41.8 Å². The van der Waals surface area contributed by atoms with Crippen LogP contribution in [0.15, 0.2) is 42.5 Å². The van der Waals surface area contributed by atoms with Gasteiger partial charge in [-0.05, 0) is 124 Å². The fourth-order valence-electron chi connectivity index (χ4n) is 14.6. The molecule has 14 amide bonds. The third-order valence-electron chi connectivity index (χ3n) is 21.3. The van der Waals surface area contributed by atoms with Gasteiger partial charge in [-0.3, -0.25) is 62.5 Å². The Kier molecular flexibility index (Phi) is 35.6. The van der Waals surface area contributed by atoms with E-state index in [0.29, 0.717) is 60.6 Å². The highest BCUT2D eigenvalue weighted by molar-refractivity contribution is 8.00. The van der Waals surface area contributed by atoms with Crippen molar-refractivity contribution in [3.63, 3.8) is 0 Å². The van der Waals surface area contributed by atoms with Gasteiger partial charge in [0.15, 0.2) is 0 Å². The Morgan fingerprint density at radius 2 is 1.38 bits per heavy atom. The van der Waals surface area contributed by atoms with Crippen molar-refractivity contribution in [3.05, 3.63) is 65.2 Å². The molecule has 112 heavy (non-hydrogen) atoms. The molecular weight excluding hydrogens is 1480 g/mol. The van der Waals surface area contributed by atoms with E-state index in [9.17, 15) is 71.1 Å². The molecule has 31 nitrogen and oxygen atoms in total. The van der Waals surface area contributed by atoms with Crippen LogP contribution >= 0.6 is 11.8 Å². The summed E-state index contributed by atoms with van der Waals surface area (Å²) in [6.07, 6.45) is 0.214. The van der Waals surface area contributed by atoms with E-state index in [-0.39, 0.29) is 144 Å². The van der Waals surface area contributed by atoms with E-state index >= 15 is 4.79 Å². The maximum absolute atomic E-state index is 15.1. The molecular formula is C78H117F2N13O18S. The van der Waals surface area contributed by atoms with Crippen molar-refractivity contribution in [1.29, 1.82) is 0 Å².